The first-order valence-electron chi connectivity index (χ1n) is 4.57. The van der Waals surface area contributed by atoms with Crippen molar-refractivity contribution in [1.82, 2.24) is 9.80 Å². The molecule has 13 heavy (non-hydrogen) atoms. The first kappa shape index (κ1) is 10.0. The predicted octanol–water partition coefficient (Wildman–Crippen LogP) is 0.0642. The van der Waals surface area contributed by atoms with Crippen LogP contribution in [0.15, 0.2) is 0 Å². The van der Waals surface area contributed by atoms with Crippen LogP contribution in [0, 0.1) is 11.3 Å². The van der Waals surface area contributed by atoms with E-state index in [1.54, 1.807) is 4.90 Å². The van der Waals surface area contributed by atoms with E-state index in [2.05, 4.69) is 11.9 Å². The maximum Gasteiger partial charge on any atom is 0.236 e. The maximum absolute atomic E-state index is 11.3. The standard InChI is InChI=1S/C9H15N3O/c1-11-5-2-6-12(8-7-11)9(13)3-4-10/h2-3,5-8H2,1H3. The van der Waals surface area contributed by atoms with Crippen molar-refractivity contribution in [2.75, 3.05) is 33.2 Å². The minimum absolute atomic E-state index is 0.0176. The molecule has 1 aliphatic heterocycles. The minimum Gasteiger partial charge on any atom is -0.340 e. The van der Waals surface area contributed by atoms with Crippen LogP contribution >= 0.6 is 0 Å². The summed E-state index contributed by atoms with van der Waals surface area (Å²) in [5.74, 6) is -0.0298. The van der Waals surface area contributed by atoms with E-state index in [0.29, 0.717) is 0 Å². The molecule has 0 aromatic carbocycles. The third-order valence-corrected chi connectivity index (χ3v) is 2.30. The van der Waals surface area contributed by atoms with Gasteiger partial charge in [0.25, 0.3) is 0 Å². The first-order chi connectivity index (χ1) is 6.24. The molecule has 1 fully saturated rings. The Morgan fingerprint density at radius 3 is 2.85 bits per heavy atom. The van der Waals surface area contributed by atoms with Crippen LogP contribution in [0.3, 0.4) is 0 Å². The average Bonchev–Trinajstić information content (AvgIpc) is 2.30. The van der Waals surface area contributed by atoms with Crippen molar-refractivity contribution in [3.63, 3.8) is 0 Å². The quantitative estimate of drug-likeness (QED) is 0.575. The summed E-state index contributed by atoms with van der Waals surface area (Å²) in [6.45, 7) is 3.51. The fourth-order valence-electron chi connectivity index (χ4n) is 1.48. The van der Waals surface area contributed by atoms with Crippen molar-refractivity contribution in [2.45, 2.75) is 12.8 Å². The lowest BCUT2D eigenvalue weighted by Gasteiger charge is -2.18. The molecule has 1 aliphatic rings. The molecule has 1 heterocycles. The molecule has 4 heteroatoms. The number of carbonyl (C=O) groups is 1. The summed E-state index contributed by atoms with van der Waals surface area (Å²) in [7, 11) is 2.05. The van der Waals surface area contributed by atoms with Crippen molar-refractivity contribution in [1.29, 1.82) is 5.26 Å². The van der Waals surface area contributed by atoms with Crippen LogP contribution in [0.5, 0.6) is 0 Å². The summed E-state index contributed by atoms with van der Waals surface area (Å²) in [6.07, 6.45) is 1.03. The number of nitrogens with zero attached hydrogens (tertiary/aromatic N) is 3. The van der Waals surface area contributed by atoms with Gasteiger partial charge in [-0.25, -0.2) is 0 Å². The van der Waals surface area contributed by atoms with Crippen molar-refractivity contribution >= 4 is 5.91 Å². The third kappa shape index (κ3) is 3.03. The molecule has 1 rings (SSSR count). The van der Waals surface area contributed by atoms with E-state index < -0.39 is 0 Å². The predicted molar refractivity (Wildman–Crippen MR) is 48.9 cm³/mol. The summed E-state index contributed by atoms with van der Waals surface area (Å²) in [5.41, 5.74) is 0. The molecule has 1 amide bonds. The van der Waals surface area contributed by atoms with Crippen LogP contribution in [0.25, 0.3) is 0 Å². The molecule has 4 nitrogen and oxygen atoms in total. The lowest BCUT2D eigenvalue weighted by atomic mass is 10.3. The van der Waals surface area contributed by atoms with Gasteiger partial charge in [-0.05, 0) is 20.0 Å². The van der Waals surface area contributed by atoms with Crippen LogP contribution in [0.4, 0.5) is 0 Å². The van der Waals surface area contributed by atoms with Crippen molar-refractivity contribution < 1.29 is 4.79 Å². The highest BCUT2D eigenvalue weighted by Gasteiger charge is 2.16. The van der Waals surface area contributed by atoms with Crippen molar-refractivity contribution in [3.8, 4) is 6.07 Å². The summed E-state index contributed by atoms with van der Waals surface area (Å²) < 4.78 is 0. The Labute approximate surface area is 78.7 Å². The molecule has 0 spiro atoms. The van der Waals surface area contributed by atoms with E-state index in [1.807, 2.05) is 6.07 Å². The SMILES string of the molecule is CN1CCCN(C(=O)CC#N)CC1. The number of hydrogen-bond acceptors (Lipinski definition) is 3. The number of carbonyl (C=O) groups excluding carboxylic acids is 1. The second-order valence-electron chi connectivity index (χ2n) is 3.37. The van der Waals surface area contributed by atoms with Gasteiger partial charge in [-0.15, -0.1) is 0 Å². The molecule has 0 atom stereocenters. The van der Waals surface area contributed by atoms with Gasteiger partial charge in [0.15, 0.2) is 0 Å². The Balaban J connectivity index is 2.42. The van der Waals surface area contributed by atoms with Gasteiger partial charge >= 0.3 is 0 Å². The number of amides is 1. The monoisotopic (exact) mass is 181 g/mol. The van der Waals surface area contributed by atoms with Gasteiger partial charge in [0, 0.05) is 19.6 Å². The van der Waals surface area contributed by atoms with Gasteiger partial charge in [-0.3, -0.25) is 4.79 Å². The Morgan fingerprint density at radius 2 is 2.15 bits per heavy atom. The Morgan fingerprint density at radius 1 is 1.38 bits per heavy atom. The molecule has 72 valence electrons. The number of likely N-dealkylation sites (N-methyl/N-ethyl adjacent to an activating group) is 1. The number of nitriles is 1. The molecule has 0 unspecified atom stereocenters. The van der Waals surface area contributed by atoms with E-state index in [9.17, 15) is 4.79 Å². The van der Waals surface area contributed by atoms with Gasteiger partial charge in [0.1, 0.15) is 6.42 Å². The summed E-state index contributed by atoms with van der Waals surface area (Å²) in [5, 5.41) is 8.38. The first-order valence-corrected chi connectivity index (χ1v) is 4.57. The molecule has 0 aliphatic carbocycles. The van der Waals surface area contributed by atoms with Crippen LogP contribution in [-0.2, 0) is 4.79 Å². The highest BCUT2D eigenvalue weighted by atomic mass is 16.2. The van der Waals surface area contributed by atoms with Crippen LogP contribution in [-0.4, -0.2) is 48.9 Å². The topological polar surface area (TPSA) is 47.3 Å². The molecule has 0 bridgehead atoms. The largest absolute Gasteiger partial charge is 0.340 e. The smallest absolute Gasteiger partial charge is 0.236 e. The molecule has 1 saturated heterocycles. The molecule has 0 aromatic rings. The van der Waals surface area contributed by atoms with Crippen LogP contribution < -0.4 is 0 Å². The van der Waals surface area contributed by atoms with E-state index in [1.165, 1.54) is 0 Å². The fraction of sp³-hybridized carbons (Fsp3) is 0.778. The van der Waals surface area contributed by atoms with E-state index in [0.717, 1.165) is 32.6 Å². The Bertz CT molecular complexity index is 221. The van der Waals surface area contributed by atoms with Crippen LogP contribution in [0.2, 0.25) is 0 Å². The Kier molecular flexibility index (Phi) is 3.71. The summed E-state index contributed by atoms with van der Waals surface area (Å²) in [4.78, 5) is 15.3. The zero-order valence-electron chi connectivity index (χ0n) is 7.99. The van der Waals surface area contributed by atoms with Gasteiger partial charge in [0.2, 0.25) is 5.91 Å². The third-order valence-electron chi connectivity index (χ3n) is 2.30. The Hall–Kier alpha value is -1.08. The van der Waals surface area contributed by atoms with Gasteiger partial charge in [-0.2, -0.15) is 5.26 Å². The molecule has 0 N–H and O–H groups in total. The lowest BCUT2D eigenvalue weighted by molar-refractivity contribution is -0.129. The molecule has 0 saturated carbocycles. The van der Waals surface area contributed by atoms with Crippen molar-refractivity contribution in [3.05, 3.63) is 0 Å². The maximum atomic E-state index is 11.3. The summed E-state index contributed by atoms with van der Waals surface area (Å²) >= 11 is 0. The normalized spacial score (nSPS) is 19.2. The highest BCUT2D eigenvalue weighted by molar-refractivity contribution is 5.78. The lowest BCUT2D eigenvalue weighted by Crippen LogP contribution is -2.34. The van der Waals surface area contributed by atoms with Gasteiger partial charge in [-0.1, -0.05) is 0 Å². The minimum atomic E-state index is -0.0298. The number of rotatable bonds is 1. The van der Waals surface area contributed by atoms with E-state index in [-0.39, 0.29) is 12.3 Å². The van der Waals surface area contributed by atoms with Crippen LogP contribution in [0.1, 0.15) is 12.8 Å². The van der Waals surface area contributed by atoms with E-state index in [4.69, 9.17) is 5.26 Å². The zero-order chi connectivity index (χ0) is 9.68. The second-order valence-corrected chi connectivity index (χ2v) is 3.37. The van der Waals surface area contributed by atoms with E-state index >= 15 is 0 Å². The molecular formula is C9H15N3O. The zero-order valence-corrected chi connectivity index (χ0v) is 7.99. The van der Waals surface area contributed by atoms with Gasteiger partial charge < -0.3 is 9.80 Å². The van der Waals surface area contributed by atoms with Gasteiger partial charge in [0.05, 0.1) is 6.07 Å². The number of hydrogen-bond donors (Lipinski definition) is 0. The fourth-order valence-corrected chi connectivity index (χ4v) is 1.48. The summed E-state index contributed by atoms with van der Waals surface area (Å²) in [6, 6.07) is 1.89. The molecule has 0 aromatic heterocycles. The average molecular weight is 181 g/mol. The molecular weight excluding hydrogens is 166 g/mol. The van der Waals surface area contributed by atoms with Crippen molar-refractivity contribution in [2.24, 2.45) is 0 Å². The molecule has 0 radical (unpaired) electrons. The highest BCUT2D eigenvalue weighted by Crippen LogP contribution is 2.02. The second kappa shape index (κ2) is 4.83.